The fourth-order valence-corrected chi connectivity index (χ4v) is 3.12. The van der Waals surface area contributed by atoms with Gasteiger partial charge in [0.25, 0.3) is 0 Å². The third kappa shape index (κ3) is 4.32. The molecule has 0 saturated heterocycles. The molecular weight excluding hydrogens is 320 g/mol. The van der Waals surface area contributed by atoms with Crippen LogP contribution in [0.2, 0.25) is 0 Å². The first-order valence-electron chi connectivity index (χ1n) is 8.80. The van der Waals surface area contributed by atoms with Crippen LogP contribution < -0.4 is 14.8 Å². The van der Waals surface area contributed by atoms with Crippen molar-refractivity contribution in [3.8, 4) is 11.5 Å². The Bertz CT molecular complexity index is 671. The van der Waals surface area contributed by atoms with Gasteiger partial charge in [-0.25, -0.2) is 0 Å². The third-order valence-corrected chi connectivity index (χ3v) is 4.47. The van der Waals surface area contributed by atoms with Crippen LogP contribution in [0.15, 0.2) is 30.4 Å². The van der Waals surface area contributed by atoms with Crippen molar-refractivity contribution in [3.05, 3.63) is 30.4 Å². The van der Waals surface area contributed by atoms with Crippen LogP contribution in [0.25, 0.3) is 0 Å². The average molecular weight is 344 g/mol. The van der Waals surface area contributed by atoms with Gasteiger partial charge in [-0.15, -0.1) is 0 Å². The predicted molar refractivity (Wildman–Crippen MR) is 94.8 cm³/mol. The maximum atomic E-state index is 12.6. The molecule has 6 nitrogen and oxygen atoms in total. The fraction of sp³-hybridized carbons (Fsp3) is 0.474. The number of likely N-dealkylation sites (N-methyl/N-ethyl adjacent to an activating group) is 1. The van der Waals surface area contributed by atoms with E-state index in [4.69, 9.17) is 9.47 Å². The summed E-state index contributed by atoms with van der Waals surface area (Å²) in [7, 11) is 0. The van der Waals surface area contributed by atoms with E-state index < -0.39 is 0 Å². The smallest absolute Gasteiger partial charge is 0.243 e. The van der Waals surface area contributed by atoms with Gasteiger partial charge < -0.3 is 19.7 Å². The van der Waals surface area contributed by atoms with Gasteiger partial charge in [0, 0.05) is 24.2 Å². The zero-order valence-electron chi connectivity index (χ0n) is 14.5. The molecule has 25 heavy (non-hydrogen) atoms. The van der Waals surface area contributed by atoms with Gasteiger partial charge in [-0.05, 0) is 38.3 Å². The minimum atomic E-state index is -0.210. The number of hydrogen-bond acceptors (Lipinski definition) is 4. The number of amides is 2. The van der Waals surface area contributed by atoms with E-state index >= 15 is 0 Å². The predicted octanol–water partition coefficient (Wildman–Crippen LogP) is 2.60. The molecule has 1 aromatic rings. The van der Waals surface area contributed by atoms with E-state index in [-0.39, 0.29) is 24.3 Å². The van der Waals surface area contributed by atoms with Crippen LogP contribution in [0.1, 0.15) is 26.2 Å². The molecule has 0 fully saturated rings. The van der Waals surface area contributed by atoms with Gasteiger partial charge in [-0.2, -0.15) is 0 Å². The fourth-order valence-electron chi connectivity index (χ4n) is 3.12. The quantitative estimate of drug-likeness (QED) is 0.834. The van der Waals surface area contributed by atoms with E-state index in [0.29, 0.717) is 36.9 Å². The van der Waals surface area contributed by atoms with Gasteiger partial charge in [0.05, 0.1) is 6.54 Å². The maximum Gasteiger partial charge on any atom is 0.243 e. The van der Waals surface area contributed by atoms with E-state index in [9.17, 15) is 9.59 Å². The second-order valence-electron chi connectivity index (χ2n) is 6.24. The minimum absolute atomic E-state index is 0.00737. The van der Waals surface area contributed by atoms with E-state index in [2.05, 4.69) is 17.5 Å². The maximum absolute atomic E-state index is 12.6. The highest BCUT2D eigenvalue weighted by molar-refractivity contribution is 5.95. The molecule has 2 amide bonds. The molecule has 0 unspecified atom stereocenters. The Balaban J connectivity index is 1.58. The number of allylic oxidation sites excluding steroid dienone is 2. The molecule has 134 valence electrons. The highest BCUT2D eigenvalue weighted by atomic mass is 16.6. The molecule has 0 radical (unpaired) electrons. The number of hydrogen-bond donors (Lipinski definition) is 1. The first kappa shape index (κ1) is 17.3. The number of fused-ring (bicyclic) bond motifs is 1. The number of carbonyl (C=O) groups is 2. The van der Waals surface area contributed by atoms with Gasteiger partial charge >= 0.3 is 0 Å². The number of anilines is 1. The van der Waals surface area contributed by atoms with Crippen LogP contribution in [-0.2, 0) is 9.59 Å². The van der Waals surface area contributed by atoms with E-state index in [1.165, 1.54) is 0 Å². The highest BCUT2D eigenvalue weighted by Crippen LogP contribution is 2.32. The van der Waals surface area contributed by atoms with Crippen LogP contribution >= 0.6 is 0 Å². The Kier molecular flexibility index (Phi) is 5.58. The van der Waals surface area contributed by atoms with Gasteiger partial charge in [0.1, 0.15) is 13.2 Å². The zero-order chi connectivity index (χ0) is 17.6. The van der Waals surface area contributed by atoms with E-state index in [1.807, 2.05) is 6.92 Å². The molecule has 0 aromatic heterocycles. The summed E-state index contributed by atoms with van der Waals surface area (Å²) in [6.45, 7) is 3.51. The second kappa shape index (κ2) is 8.05. The van der Waals surface area contributed by atoms with Gasteiger partial charge in [-0.3, -0.25) is 9.59 Å². The molecule has 6 heteroatoms. The molecule has 1 aliphatic heterocycles. The van der Waals surface area contributed by atoms with Crippen molar-refractivity contribution in [3.63, 3.8) is 0 Å². The topological polar surface area (TPSA) is 67.9 Å². The summed E-state index contributed by atoms with van der Waals surface area (Å²) in [6, 6.07) is 5.30. The number of rotatable bonds is 5. The molecule has 1 heterocycles. The zero-order valence-corrected chi connectivity index (χ0v) is 14.5. The Hall–Kier alpha value is -2.50. The lowest BCUT2D eigenvalue weighted by molar-refractivity contribution is -0.138. The molecular formula is C19H24N2O4. The summed E-state index contributed by atoms with van der Waals surface area (Å²) in [6.07, 6.45) is 6.70. The summed E-state index contributed by atoms with van der Waals surface area (Å²) in [4.78, 5) is 26.6. The van der Waals surface area contributed by atoms with E-state index in [1.54, 1.807) is 23.1 Å². The Labute approximate surface area is 147 Å². The SMILES string of the molecule is CCN(CC(=O)Nc1ccc2c(c1)OCCO2)C(=O)[C@H]1CC=CCC1. The summed E-state index contributed by atoms with van der Waals surface area (Å²) < 4.78 is 11.0. The van der Waals surface area contributed by atoms with Crippen LogP contribution in [-0.4, -0.2) is 43.0 Å². The molecule has 1 atom stereocenters. The monoisotopic (exact) mass is 344 g/mol. The van der Waals surface area contributed by atoms with Crippen molar-refractivity contribution in [2.75, 3.05) is 31.6 Å². The summed E-state index contributed by atoms with van der Waals surface area (Å²) >= 11 is 0. The number of carbonyl (C=O) groups excluding carboxylic acids is 2. The van der Waals surface area contributed by atoms with Crippen molar-refractivity contribution < 1.29 is 19.1 Å². The highest BCUT2D eigenvalue weighted by Gasteiger charge is 2.25. The lowest BCUT2D eigenvalue weighted by atomic mass is 9.93. The lowest BCUT2D eigenvalue weighted by Gasteiger charge is -2.26. The number of nitrogens with one attached hydrogen (secondary N) is 1. The molecule has 0 spiro atoms. The van der Waals surface area contributed by atoms with Gasteiger partial charge in [0.15, 0.2) is 11.5 Å². The van der Waals surface area contributed by atoms with Crippen LogP contribution in [0, 0.1) is 5.92 Å². The Morgan fingerprint density at radius 2 is 2.00 bits per heavy atom. The van der Waals surface area contributed by atoms with Crippen molar-refractivity contribution in [2.45, 2.75) is 26.2 Å². The molecule has 1 aromatic carbocycles. The van der Waals surface area contributed by atoms with Crippen molar-refractivity contribution in [1.29, 1.82) is 0 Å². The van der Waals surface area contributed by atoms with Gasteiger partial charge in [-0.1, -0.05) is 12.2 Å². The molecule has 1 aliphatic carbocycles. The average Bonchev–Trinajstić information content (AvgIpc) is 2.66. The van der Waals surface area contributed by atoms with Crippen LogP contribution in [0.4, 0.5) is 5.69 Å². The van der Waals surface area contributed by atoms with Crippen molar-refractivity contribution in [1.82, 2.24) is 4.90 Å². The van der Waals surface area contributed by atoms with Crippen molar-refractivity contribution in [2.24, 2.45) is 5.92 Å². The summed E-state index contributed by atoms with van der Waals surface area (Å²) in [5.41, 5.74) is 0.637. The lowest BCUT2D eigenvalue weighted by Crippen LogP contribution is -2.41. The molecule has 0 bridgehead atoms. The molecule has 2 aliphatic rings. The first-order chi connectivity index (χ1) is 12.2. The molecule has 1 N–H and O–H groups in total. The van der Waals surface area contributed by atoms with Gasteiger partial charge in [0.2, 0.25) is 11.8 Å². The Morgan fingerprint density at radius 3 is 2.72 bits per heavy atom. The van der Waals surface area contributed by atoms with Crippen LogP contribution in [0.3, 0.4) is 0 Å². The van der Waals surface area contributed by atoms with E-state index in [0.717, 1.165) is 19.3 Å². The Morgan fingerprint density at radius 1 is 1.20 bits per heavy atom. The first-order valence-corrected chi connectivity index (χ1v) is 8.80. The second-order valence-corrected chi connectivity index (χ2v) is 6.24. The minimum Gasteiger partial charge on any atom is -0.486 e. The van der Waals surface area contributed by atoms with Crippen LogP contribution in [0.5, 0.6) is 11.5 Å². The molecule has 3 rings (SSSR count). The summed E-state index contributed by atoms with van der Waals surface area (Å²) in [5, 5.41) is 2.83. The largest absolute Gasteiger partial charge is 0.486 e. The number of benzene rings is 1. The normalized spacial score (nSPS) is 18.5. The molecule has 0 saturated carbocycles. The standard InChI is InChI=1S/C19H24N2O4/c1-2-21(19(23)14-6-4-3-5-7-14)13-18(22)20-15-8-9-16-17(12-15)25-11-10-24-16/h3-4,8-9,12,14H,2,5-7,10-11,13H2,1H3,(H,20,22)/t14-/m0/s1. The third-order valence-electron chi connectivity index (χ3n) is 4.47. The summed E-state index contributed by atoms with van der Waals surface area (Å²) in [5.74, 6) is 1.15. The number of nitrogens with zero attached hydrogens (tertiary/aromatic N) is 1. The van der Waals surface area contributed by atoms with Crippen molar-refractivity contribution >= 4 is 17.5 Å². The number of ether oxygens (including phenoxy) is 2.